The largest absolute Gasteiger partial charge is 0.361 e. The lowest BCUT2D eigenvalue weighted by Gasteiger charge is -2.35. The van der Waals surface area contributed by atoms with Crippen LogP contribution in [0.2, 0.25) is 0 Å². The number of hydrogen-bond acceptors (Lipinski definition) is 7. The average Bonchev–Trinajstić information content (AvgIpc) is 3.30. The number of nitrogens with one attached hydrogen (secondary N) is 3. The maximum absolute atomic E-state index is 5.07. The van der Waals surface area contributed by atoms with Gasteiger partial charge in [0.2, 0.25) is 0 Å². The molecule has 0 radical (unpaired) electrons. The van der Waals surface area contributed by atoms with Crippen molar-refractivity contribution in [1.82, 2.24) is 30.7 Å². The molecule has 0 bridgehead atoms. The van der Waals surface area contributed by atoms with Gasteiger partial charge in [0, 0.05) is 48.9 Å². The number of piperazine rings is 1. The Morgan fingerprint density at radius 1 is 1.11 bits per heavy atom. The predicted octanol–water partition coefficient (Wildman–Crippen LogP) is 4.41. The molecule has 0 amide bonds. The lowest BCUT2D eigenvalue weighted by Crippen LogP contribution is -2.51. The number of benzene rings is 2. The van der Waals surface area contributed by atoms with E-state index in [-0.39, 0.29) is 0 Å². The van der Waals surface area contributed by atoms with Gasteiger partial charge in [-0.25, -0.2) is 4.98 Å². The first-order chi connectivity index (χ1) is 17.1. The molecule has 0 spiro atoms. The van der Waals surface area contributed by atoms with E-state index in [0.717, 1.165) is 66.3 Å². The molecule has 3 N–H and O–H groups in total. The summed E-state index contributed by atoms with van der Waals surface area (Å²) in [6.07, 6.45) is 2.02. The Balaban J connectivity index is 1.49. The van der Waals surface area contributed by atoms with Gasteiger partial charge in [0.1, 0.15) is 0 Å². The van der Waals surface area contributed by atoms with Crippen molar-refractivity contribution in [1.29, 1.82) is 0 Å². The first-order valence-corrected chi connectivity index (χ1v) is 12.6. The summed E-state index contributed by atoms with van der Waals surface area (Å²) in [7, 11) is 0. The predicted molar refractivity (Wildman–Crippen MR) is 142 cm³/mol. The Morgan fingerprint density at radius 3 is 2.77 bits per heavy atom. The van der Waals surface area contributed by atoms with Gasteiger partial charge < -0.3 is 15.5 Å². The van der Waals surface area contributed by atoms with E-state index < -0.39 is 0 Å². The summed E-state index contributed by atoms with van der Waals surface area (Å²) < 4.78 is 0. The summed E-state index contributed by atoms with van der Waals surface area (Å²) >= 11 is 0. The van der Waals surface area contributed by atoms with Crippen LogP contribution >= 0.6 is 0 Å². The molecule has 1 aliphatic rings. The van der Waals surface area contributed by atoms with Crippen molar-refractivity contribution in [2.75, 3.05) is 29.9 Å². The number of aromatic amines is 1. The van der Waals surface area contributed by atoms with Crippen molar-refractivity contribution in [3.63, 3.8) is 0 Å². The molecular weight excluding hydrogens is 436 g/mol. The monoisotopic (exact) mass is 470 g/mol. The minimum absolute atomic E-state index is 0.429. The lowest BCUT2D eigenvalue weighted by molar-refractivity contribution is 0.387. The molecule has 1 saturated heterocycles. The van der Waals surface area contributed by atoms with Gasteiger partial charge in [-0.1, -0.05) is 51.1 Å². The lowest BCUT2D eigenvalue weighted by atomic mass is 10.0. The number of rotatable bonds is 8. The highest BCUT2D eigenvalue weighted by molar-refractivity contribution is 5.85. The van der Waals surface area contributed by atoms with Gasteiger partial charge in [-0.3, -0.25) is 5.10 Å². The van der Waals surface area contributed by atoms with Crippen LogP contribution in [0.3, 0.4) is 0 Å². The fourth-order valence-electron chi connectivity index (χ4n) is 4.77. The van der Waals surface area contributed by atoms with Crippen molar-refractivity contribution in [3.8, 4) is 11.4 Å². The number of aromatic nitrogens is 5. The Kier molecular flexibility index (Phi) is 6.90. The molecule has 0 saturated carbocycles. The Bertz CT molecular complexity index is 1270. The van der Waals surface area contributed by atoms with E-state index in [1.54, 1.807) is 0 Å². The second kappa shape index (κ2) is 10.4. The molecule has 8 nitrogen and oxygen atoms in total. The van der Waals surface area contributed by atoms with Crippen LogP contribution in [-0.2, 0) is 13.0 Å². The minimum atomic E-state index is 0.429. The van der Waals surface area contributed by atoms with E-state index in [1.807, 2.05) is 30.3 Å². The molecule has 1 aliphatic heterocycles. The number of aryl methyl sites for hydroxylation is 1. The van der Waals surface area contributed by atoms with Crippen LogP contribution in [0.1, 0.15) is 38.4 Å². The van der Waals surface area contributed by atoms with E-state index in [0.29, 0.717) is 24.3 Å². The third-order valence-electron chi connectivity index (χ3n) is 6.53. The topological polar surface area (TPSA) is 94.6 Å². The van der Waals surface area contributed by atoms with E-state index in [2.05, 4.69) is 74.9 Å². The first-order valence-electron chi connectivity index (χ1n) is 12.6. The maximum atomic E-state index is 5.07. The summed E-state index contributed by atoms with van der Waals surface area (Å²) in [6.45, 7) is 10.1. The van der Waals surface area contributed by atoms with Crippen LogP contribution in [0, 0.1) is 5.92 Å². The molecule has 5 rings (SSSR count). The van der Waals surface area contributed by atoms with Gasteiger partial charge in [-0.2, -0.15) is 5.10 Å². The molecule has 182 valence electrons. The third-order valence-corrected chi connectivity index (χ3v) is 6.53. The van der Waals surface area contributed by atoms with E-state index in [1.165, 1.54) is 5.56 Å². The smallest absolute Gasteiger partial charge is 0.192 e. The molecule has 3 heterocycles. The third kappa shape index (κ3) is 5.27. The van der Waals surface area contributed by atoms with Crippen LogP contribution in [0.5, 0.6) is 0 Å². The summed E-state index contributed by atoms with van der Waals surface area (Å²) in [5.74, 6) is 2.86. The number of H-pyrrole nitrogens is 1. The van der Waals surface area contributed by atoms with Crippen LogP contribution in [0.15, 0.2) is 48.5 Å². The standard InChI is InChI=1S/C27H34N8/c1-4-23-22-15-20(10-11-24(22)32-31-23)25-30-27(35-13-12-28-21(17-35)14-18(2)3)26(34-33-25)29-16-19-8-6-5-7-9-19/h5-11,15,18,21,28H,4,12-14,16-17H2,1-3H3,(H,29,34)(H,31,32)/t21-/m0/s1. The Labute approximate surface area is 206 Å². The molecule has 2 aromatic heterocycles. The number of hydrogen-bond donors (Lipinski definition) is 3. The van der Waals surface area contributed by atoms with E-state index in [9.17, 15) is 0 Å². The molecule has 4 aromatic rings. The molecule has 1 atom stereocenters. The fourth-order valence-corrected chi connectivity index (χ4v) is 4.77. The van der Waals surface area contributed by atoms with Gasteiger partial charge in [-0.15, -0.1) is 10.2 Å². The summed E-state index contributed by atoms with van der Waals surface area (Å²) in [5, 5.41) is 25.0. The second-order valence-electron chi connectivity index (χ2n) is 9.66. The van der Waals surface area contributed by atoms with E-state index >= 15 is 0 Å². The molecule has 0 aliphatic carbocycles. The zero-order chi connectivity index (χ0) is 24.2. The van der Waals surface area contributed by atoms with Gasteiger partial charge in [0.25, 0.3) is 0 Å². The van der Waals surface area contributed by atoms with Gasteiger partial charge >= 0.3 is 0 Å². The maximum Gasteiger partial charge on any atom is 0.192 e. The summed E-state index contributed by atoms with van der Waals surface area (Å²) in [4.78, 5) is 7.42. The minimum Gasteiger partial charge on any atom is -0.361 e. The normalized spacial score (nSPS) is 16.2. The van der Waals surface area contributed by atoms with Gasteiger partial charge in [0.05, 0.1) is 5.52 Å². The summed E-state index contributed by atoms with van der Waals surface area (Å²) in [6, 6.07) is 16.9. The van der Waals surface area contributed by atoms with Crippen molar-refractivity contribution in [3.05, 3.63) is 59.8 Å². The second-order valence-corrected chi connectivity index (χ2v) is 9.66. The highest BCUT2D eigenvalue weighted by Gasteiger charge is 2.25. The summed E-state index contributed by atoms with van der Waals surface area (Å²) in [5.41, 5.74) is 4.22. The van der Waals surface area contributed by atoms with Crippen LogP contribution < -0.4 is 15.5 Å². The van der Waals surface area contributed by atoms with Crippen LogP contribution in [0.4, 0.5) is 11.6 Å². The molecule has 0 unspecified atom stereocenters. The molecule has 1 fully saturated rings. The number of nitrogens with zero attached hydrogens (tertiary/aromatic N) is 5. The SMILES string of the molecule is CCc1[nH]nc2ccc(-c3nnc(NCc4ccccc4)c(N4CCN[C@@H](CC(C)C)C4)n3)cc12. The van der Waals surface area contributed by atoms with Crippen LogP contribution in [0.25, 0.3) is 22.3 Å². The van der Waals surface area contributed by atoms with Crippen molar-refractivity contribution in [2.45, 2.75) is 46.2 Å². The number of anilines is 2. The zero-order valence-electron chi connectivity index (χ0n) is 20.8. The highest BCUT2D eigenvalue weighted by Crippen LogP contribution is 2.28. The zero-order valence-corrected chi connectivity index (χ0v) is 20.8. The fraction of sp³-hybridized carbons (Fsp3) is 0.407. The quantitative estimate of drug-likeness (QED) is 0.351. The molecule has 8 heteroatoms. The Morgan fingerprint density at radius 2 is 1.97 bits per heavy atom. The van der Waals surface area contributed by atoms with Crippen molar-refractivity contribution in [2.24, 2.45) is 5.92 Å². The molecule has 2 aromatic carbocycles. The average molecular weight is 471 g/mol. The highest BCUT2D eigenvalue weighted by atomic mass is 15.3. The van der Waals surface area contributed by atoms with Crippen molar-refractivity contribution >= 4 is 22.5 Å². The van der Waals surface area contributed by atoms with Crippen molar-refractivity contribution < 1.29 is 0 Å². The van der Waals surface area contributed by atoms with Crippen LogP contribution in [-0.4, -0.2) is 51.1 Å². The number of fused-ring (bicyclic) bond motifs is 1. The van der Waals surface area contributed by atoms with E-state index in [4.69, 9.17) is 4.98 Å². The van der Waals surface area contributed by atoms with Gasteiger partial charge in [0.15, 0.2) is 17.5 Å². The molecular formula is C27H34N8. The molecule has 35 heavy (non-hydrogen) atoms. The Hall–Kier alpha value is -3.52. The van der Waals surface area contributed by atoms with Gasteiger partial charge in [-0.05, 0) is 42.5 Å². The first kappa shape index (κ1) is 23.2.